The van der Waals surface area contributed by atoms with Gasteiger partial charge in [0.05, 0.1) is 28.8 Å². The fourth-order valence-corrected chi connectivity index (χ4v) is 5.67. The van der Waals surface area contributed by atoms with E-state index >= 15 is 0 Å². The molecule has 2 aliphatic rings. The highest BCUT2D eigenvalue weighted by Crippen LogP contribution is 2.45. The highest BCUT2D eigenvalue weighted by Gasteiger charge is 2.36. The Balaban J connectivity index is 1.81. The number of hydrogen-bond donors (Lipinski definition) is 2. The number of sulfonamides is 1. The van der Waals surface area contributed by atoms with E-state index < -0.39 is 38.4 Å². The number of carbonyl (C=O) groups excluding carboxylic acids is 1. The lowest BCUT2D eigenvalue weighted by atomic mass is 9.95. The first-order chi connectivity index (χ1) is 16.0. The third-order valence-electron chi connectivity index (χ3n) is 6.10. The van der Waals surface area contributed by atoms with Gasteiger partial charge in [0.15, 0.2) is 0 Å². The van der Waals surface area contributed by atoms with Crippen molar-refractivity contribution in [2.45, 2.75) is 55.1 Å². The molecule has 2 aromatic carbocycles. The van der Waals surface area contributed by atoms with Gasteiger partial charge in [0.2, 0.25) is 0 Å². The molecule has 6 nitrogen and oxygen atoms in total. The number of esters is 1. The largest absolute Gasteiger partial charge is 0.465 e. The van der Waals surface area contributed by atoms with Gasteiger partial charge in [-0.1, -0.05) is 12.5 Å². The molecule has 1 aliphatic heterocycles. The third-order valence-corrected chi connectivity index (χ3v) is 7.50. The molecule has 1 saturated carbocycles. The monoisotopic (exact) mass is 500 g/mol. The minimum absolute atomic E-state index is 0.0792. The molecule has 184 valence electrons. The maximum absolute atomic E-state index is 14.9. The standard InChI is InChI=1S/C23H24F4N2O4S/c1-33-22(30)14-10-17(24)21(13-5-6-13)20(11-14)34(31,32)29-19-12-15(23(25,26)27)7-8-16(19)18-4-2-3-9-28-18/h7-8,10-13,18,28-29H,2-6,9H2,1H3. The third kappa shape index (κ3) is 5.05. The highest BCUT2D eigenvalue weighted by atomic mass is 32.2. The van der Waals surface area contributed by atoms with Crippen molar-refractivity contribution in [2.24, 2.45) is 0 Å². The smallest absolute Gasteiger partial charge is 0.416 e. The zero-order valence-electron chi connectivity index (χ0n) is 18.3. The van der Waals surface area contributed by atoms with Crippen LogP contribution in [0.1, 0.15) is 71.1 Å². The van der Waals surface area contributed by atoms with Crippen molar-refractivity contribution < 1.29 is 35.5 Å². The van der Waals surface area contributed by atoms with Crippen LogP contribution in [0.4, 0.5) is 23.2 Å². The van der Waals surface area contributed by atoms with Gasteiger partial charge in [-0.15, -0.1) is 0 Å². The second-order valence-corrected chi connectivity index (χ2v) is 10.2. The zero-order valence-corrected chi connectivity index (χ0v) is 19.2. The number of nitrogens with one attached hydrogen (secondary N) is 2. The second-order valence-electron chi connectivity index (χ2n) is 8.54. The van der Waals surface area contributed by atoms with Crippen LogP contribution in [0.25, 0.3) is 0 Å². The summed E-state index contributed by atoms with van der Waals surface area (Å²) >= 11 is 0. The molecule has 4 rings (SSSR count). The van der Waals surface area contributed by atoms with E-state index in [1.165, 1.54) is 6.07 Å². The molecule has 1 heterocycles. The van der Waals surface area contributed by atoms with Crippen LogP contribution in [0.2, 0.25) is 0 Å². The number of piperidine rings is 1. The molecule has 1 unspecified atom stereocenters. The lowest BCUT2D eigenvalue weighted by molar-refractivity contribution is -0.137. The fourth-order valence-electron chi connectivity index (χ4n) is 4.26. The van der Waals surface area contributed by atoms with Gasteiger partial charge in [-0.05, 0) is 68.0 Å². The van der Waals surface area contributed by atoms with Crippen molar-refractivity contribution in [2.75, 3.05) is 18.4 Å². The molecule has 0 bridgehead atoms. The van der Waals surface area contributed by atoms with Crippen LogP contribution in [-0.2, 0) is 20.9 Å². The van der Waals surface area contributed by atoms with Crippen molar-refractivity contribution in [1.82, 2.24) is 5.32 Å². The first-order valence-corrected chi connectivity index (χ1v) is 12.4. The van der Waals surface area contributed by atoms with E-state index in [0.717, 1.165) is 44.2 Å². The predicted octanol–water partition coefficient (Wildman–Crippen LogP) is 5.12. The van der Waals surface area contributed by atoms with Gasteiger partial charge in [0.25, 0.3) is 10.0 Å². The molecule has 0 spiro atoms. The number of alkyl halides is 3. The normalized spacial score (nSPS) is 19.0. The first-order valence-electron chi connectivity index (χ1n) is 10.9. The molecule has 11 heteroatoms. The summed E-state index contributed by atoms with van der Waals surface area (Å²) in [6.07, 6.45) is -1.18. The molecule has 34 heavy (non-hydrogen) atoms. The topological polar surface area (TPSA) is 84.5 Å². The van der Waals surface area contributed by atoms with Crippen molar-refractivity contribution >= 4 is 21.7 Å². The van der Waals surface area contributed by atoms with Gasteiger partial charge < -0.3 is 10.1 Å². The average molecular weight is 501 g/mol. The van der Waals surface area contributed by atoms with Crippen LogP contribution in [0.3, 0.4) is 0 Å². The average Bonchev–Trinajstić information content (AvgIpc) is 3.62. The maximum Gasteiger partial charge on any atom is 0.416 e. The van der Waals surface area contributed by atoms with Crippen LogP contribution >= 0.6 is 0 Å². The van der Waals surface area contributed by atoms with Gasteiger partial charge in [0, 0.05) is 11.6 Å². The van der Waals surface area contributed by atoms with Crippen LogP contribution in [0.15, 0.2) is 35.2 Å². The molecule has 2 aromatic rings. The van der Waals surface area contributed by atoms with E-state index in [-0.39, 0.29) is 28.8 Å². The molecular weight excluding hydrogens is 476 g/mol. The molecule has 1 aliphatic carbocycles. The number of ether oxygens (including phenoxy) is 1. The minimum Gasteiger partial charge on any atom is -0.465 e. The number of hydrogen-bond acceptors (Lipinski definition) is 5. The van der Waals surface area contributed by atoms with Gasteiger partial charge in [0.1, 0.15) is 5.82 Å². The van der Waals surface area contributed by atoms with Crippen molar-refractivity contribution in [1.29, 1.82) is 0 Å². The molecule has 1 saturated heterocycles. The summed E-state index contributed by atoms with van der Waals surface area (Å²) in [6.45, 7) is 0.649. The number of carbonyl (C=O) groups is 1. The summed E-state index contributed by atoms with van der Waals surface area (Å²) < 4.78 is 88.9. The zero-order chi connectivity index (χ0) is 24.7. The fraction of sp³-hybridized carbons (Fsp3) is 0.435. The van der Waals surface area contributed by atoms with Gasteiger partial charge >= 0.3 is 12.1 Å². The van der Waals surface area contributed by atoms with Crippen LogP contribution < -0.4 is 10.0 Å². The Kier molecular flexibility index (Phi) is 6.61. The summed E-state index contributed by atoms with van der Waals surface area (Å²) in [7, 11) is -3.48. The van der Waals surface area contributed by atoms with Crippen molar-refractivity contribution in [3.05, 3.63) is 58.4 Å². The van der Waals surface area contributed by atoms with Crippen LogP contribution in [0, 0.1) is 5.82 Å². The Labute approximate surface area is 194 Å². The summed E-state index contributed by atoms with van der Waals surface area (Å²) in [5.41, 5.74) is -1.26. The van der Waals surface area contributed by atoms with Crippen molar-refractivity contribution in [3.8, 4) is 0 Å². The van der Waals surface area contributed by atoms with E-state index in [0.29, 0.717) is 31.4 Å². The Morgan fingerprint density at radius 2 is 1.85 bits per heavy atom. The molecule has 0 aromatic heterocycles. The van der Waals surface area contributed by atoms with Crippen LogP contribution in [0.5, 0.6) is 0 Å². The number of methoxy groups -OCH3 is 1. The molecular formula is C23H24F4N2O4S. The maximum atomic E-state index is 14.9. The number of benzene rings is 2. The number of anilines is 1. The van der Waals surface area contributed by atoms with E-state index in [9.17, 15) is 30.8 Å². The lowest BCUT2D eigenvalue weighted by Crippen LogP contribution is -2.28. The Bertz CT molecular complexity index is 1200. The van der Waals surface area contributed by atoms with E-state index in [4.69, 9.17) is 0 Å². The van der Waals surface area contributed by atoms with Crippen LogP contribution in [-0.4, -0.2) is 28.0 Å². The molecule has 2 N–H and O–H groups in total. The summed E-state index contributed by atoms with van der Waals surface area (Å²) in [6, 6.07) is 4.51. The molecule has 2 fully saturated rings. The van der Waals surface area contributed by atoms with Gasteiger partial charge in [-0.2, -0.15) is 13.2 Å². The molecule has 1 atom stereocenters. The summed E-state index contributed by atoms with van der Waals surface area (Å²) in [5.74, 6) is -2.15. The SMILES string of the molecule is COC(=O)c1cc(F)c(C2CC2)c(S(=O)(=O)Nc2cc(C(F)(F)F)ccc2C2CCCCN2)c1. The summed E-state index contributed by atoms with van der Waals surface area (Å²) in [5, 5.41) is 3.20. The van der Waals surface area contributed by atoms with Crippen molar-refractivity contribution in [3.63, 3.8) is 0 Å². The van der Waals surface area contributed by atoms with E-state index in [2.05, 4.69) is 14.8 Å². The lowest BCUT2D eigenvalue weighted by Gasteiger charge is -2.27. The quantitative estimate of drug-likeness (QED) is 0.425. The van der Waals surface area contributed by atoms with Gasteiger partial charge in [-0.3, -0.25) is 4.72 Å². The summed E-state index contributed by atoms with van der Waals surface area (Å²) in [4.78, 5) is 11.5. The van der Waals surface area contributed by atoms with E-state index in [1.54, 1.807) is 0 Å². The second kappa shape index (κ2) is 9.18. The van der Waals surface area contributed by atoms with E-state index in [1.807, 2.05) is 0 Å². The highest BCUT2D eigenvalue weighted by molar-refractivity contribution is 7.92. The Morgan fingerprint density at radius 1 is 1.12 bits per heavy atom. The number of rotatable bonds is 6. The Hall–Kier alpha value is -2.66. The minimum atomic E-state index is -4.69. The van der Waals surface area contributed by atoms with Gasteiger partial charge in [-0.25, -0.2) is 17.6 Å². The predicted molar refractivity (Wildman–Crippen MR) is 117 cm³/mol. The Morgan fingerprint density at radius 3 is 2.44 bits per heavy atom. The molecule has 0 amide bonds. The number of halogens is 4. The first kappa shape index (κ1) is 24.5. The molecule has 0 radical (unpaired) electrons.